The molecule has 9 heteroatoms. The van der Waals surface area contributed by atoms with Crippen molar-refractivity contribution < 1.29 is 28.9 Å². The number of rotatable bonds is 6. The van der Waals surface area contributed by atoms with Gasteiger partial charge in [0.1, 0.15) is 5.76 Å². The number of thiophene rings is 1. The molecular formula is C23H24N2O6S. The van der Waals surface area contributed by atoms with Gasteiger partial charge in [-0.05, 0) is 36.1 Å². The summed E-state index contributed by atoms with van der Waals surface area (Å²) in [5.41, 5.74) is 0.532. The van der Waals surface area contributed by atoms with Gasteiger partial charge >= 0.3 is 0 Å². The predicted molar refractivity (Wildman–Crippen MR) is 118 cm³/mol. The minimum Gasteiger partial charge on any atom is -0.507 e. The van der Waals surface area contributed by atoms with Crippen LogP contribution in [0.3, 0.4) is 0 Å². The summed E-state index contributed by atoms with van der Waals surface area (Å²) in [7, 11) is 0. The highest BCUT2D eigenvalue weighted by Gasteiger charge is 2.46. The Balaban J connectivity index is 1.44. The molecule has 0 unspecified atom stereocenters. The molecule has 8 nitrogen and oxygen atoms in total. The topological polar surface area (TPSA) is 88.5 Å². The summed E-state index contributed by atoms with van der Waals surface area (Å²) in [5.74, 6) is -0.352. The largest absolute Gasteiger partial charge is 0.507 e. The van der Waals surface area contributed by atoms with E-state index in [-0.39, 0.29) is 18.1 Å². The smallest absolute Gasteiger partial charge is 0.295 e. The number of benzene rings is 1. The number of morpholine rings is 1. The summed E-state index contributed by atoms with van der Waals surface area (Å²) in [6, 6.07) is 8.16. The lowest BCUT2D eigenvalue weighted by Gasteiger charge is -2.28. The van der Waals surface area contributed by atoms with Gasteiger partial charge < -0.3 is 24.2 Å². The minimum absolute atomic E-state index is 0.113. The molecule has 1 aromatic heterocycles. The molecule has 0 spiro atoms. The maximum Gasteiger partial charge on any atom is 0.295 e. The first kappa shape index (κ1) is 21.0. The van der Waals surface area contributed by atoms with Crippen molar-refractivity contribution in [3.05, 3.63) is 51.7 Å². The van der Waals surface area contributed by atoms with Gasteiger partial charge in [-0.1, -0.05) is 6.07 Å². The number of ketones is 1. The van der Waals surface area contributed by atoms with Crippen LogP contribution in [0, 0.1) is 0 Å². The van der Waals surface area contributed by atoms with Crippen LogP contribution in [-0.4, -0.2) is 72.8 Å². The third-order valence-corrected chi connectivity index (χ3v) is 6.90. The lowest BCUT2D eigenvalue weighted by molar-refractivity contribution is -0.140. The van der Waals surface area contributed by atoms with Crippen molar-refractivity contribution in [3.63, 3.8) is 0 Å². The number of likely N-dealkylation sites (tertiary alicyclic amines) is 1. The van der Waals surface area contributed by atoms with Crippen LogP contribution in [0.1, 0.15) is 22.9 Å². The van der Waals surface area contributed by atoms with Gasteiger partial charge in [-0.3, -0.25) is 14.5 Å². The summed E-state index contributed by atoms with van der Waals surface area (Å²) >= 11 is 1.46. The van der Waals surface area contributed by atoms with E-state index in [9.17, 15) is 14.7 Å². The number of hydrogen-bond acceptors (Lipinski definition) is 8. The number of fused-ring (bicyclic) bond motifs is 1. The fourth-order valence-electron chi connectivity index (χ4n) is 4.34. The highest BCUT2D eigenvalue weighted by molar-refractivity contribution is 7.10. The summed E-state index contributed by atoms with van der Waals surface area (Å²) in [6.07, 6.45) is 0.735. The number of carbonyl (C=O) groups is 2. The first-order chi connectivity index (χ1) is 15.6. The number of Topliss-reactive ketones (excluding diaryl/α,β-unsaturated/α-hetero) is 1. The molecule has 0 saturated carbocycles. The van der Waals surface area contributed by atoms with Gasteiger partial charge in [0.15, 0.2) is 11.5 Å². The Hall–Kier alpha value is -2.88. The second-order valence-electron chi connectivity index (χ2n) is 7.88. The van der Waals surface area contributed by atoms with Crippen LogP contribution < -0.4 is 9.47 Å². The zero-order valence-electron chi connectivity index (χ0n) is 17.5. The van der Waals surface area contributed by atoms with Gasteiger partial charge in [0.05, 0.1) is 24.8 Å². The van der Waals surface area contributed by atoms with Gasteiger partial charge in [-0.15, -0.1) is 11.3 Å². The van der Waals surface area contributed by atoms with Crippen molar-refractivity contribution in [3.8, 4) is 11.5 Å². The molecule has 0 bridgehead atoms. The second-order valence-corrected chi connectivity index (χ2v) is 8.86. The maximum atomic E-state index is 13.0. The summed E-state index contributed by atoms with van der Waals surface area (Å²) in [6.45, 7) is 4.55. The van der Waals surface area contributed by atoms with E-state index in [1.54, 1.807) is 23.1 Å². The first-order valence-corrected chi connectivity index (χ1v) is 11.5. The third-order valence-electron chi connectivity index (χ3n) is 5.98. The average Bonchev–Trinajstić information content (AvgIpc) is 3.55. The Kier molecular flexibility index (Phi) is 5.86. The van der Waals surface area contributed by atoms with E-state index >= 15 is 0 Å². The maximum absolute atomic E-state index is 13.0. The molecule has 1 atom stereocenters. The van der Waals surface area contributed by atoms with Gasteiger partial charge in [-0.25, -0.2) is 0 Å². The molecule has 1 N–H and O–H groups in total. The van der Waals surface area contributed by atoms with Crippen LogP contribution in [0.4, 0.5) is 0 Å². The molecule has 0 radical (unpaired) electrons. The molecule has 1 amide bonds. The number of aliphatic hydroxyl groups excluding tert-OH is 1. The normalized spacial score (nSPS) is 22.6. The van der Waals surface area contributed by atoms with Gasteiger partial charge in [-0.2, -0.15) is 0 Å². The van der Waals surface area contributed by atoms with E-state index in [2.05, 4.69) is 4.90 Å². The first-order valence-electron chi connectivity index (χ1n) is 10.7. The number of carbonyl (C=O) groups excluding carboxylic acids is 2. The van der Waals surface area contributed by atoms with Crippen LogP contribution in [-0.2, 0) is 14.3 Å². The molecule has 2 saturated heterocycles. The summed E-state index contributed by atoms with van der Waals surface area (Å²) in [5, 5.41) is 13.0. The number of aliphatic hydroxyl groups is 1. The third kappa shape index (κ3) is 3.87. The molecule has 2 fully saturated rings. The molecule has 0 aliphatic carbocycles. The Labute approximate surface area is 189 Å². The van der Waals surface area contributed by atoms with E-state index in [0.29, 0.717) is 23.6 Å². The quantitative estimate of drug-likeness (QED) is 0.406. The van der Waals surface area contributed by atoms with Crippen LogP contribution in [0.25, 0.3) is 5.76 Å². The summed E-state index contributed by atoms with van der Waals surface area (Å²) < 4.78 is 16.1. The molecule has 4 heterocycles. The van der Waals surface area contributed by atoms with Crippen molar-refractivity contribution in [2.45, 2.75) is 12.5 Å². The van der Waals surface area contributed by atoms with Crippen LogP contribution >= 0.6 is 11.3 Å². The standard InChI is InChI=1S/C23H24N2O6S/c26-21(15-4-5-16-17(13-15)31-14-30-16)19-20(18-3-1-12-32-18)25(23(28)22(19)27)7-2-6-24-8-10-29-11-9-24/h1,3-5,12-13,20,26H,2,6-11,14H2/t20-/m0/s1. The van der Waals surface area contributed by atoms with E-state index in [0.717, 1.165) is 44.1 Å². The van der Waals surface area contributed by atoms with Crippen LogP contribution in [0.15, 0.2) is 41.3 Å². The fraction of sp³-hybridized carbons (Fsp3) is 0.391. The highest BCUT2D eigenvalue weighted by atomic mass is 32.1. The van der Waals surface area contributed by atoms with Crippen molar-refractivity contribution in [2.75, 3.05) is 46.2 Å². The number of nitrogens with zero attached hydrogens (tertiary/aromatic N) is 2. The number of amides is 1. The van der Waals surface area contributed by atoms with Crippen LogP contribution in [0.5, 0.6) is 11.5 Å². The average molecular weight is 457 g/mol. The zero-order chi connectivity index (χ0) is 22.1. The number of ether oxygens (including phenoxy) is 3. The minimum atomic E-state index is -0.662. The van der Waals surface area contributed by atoms with E-state index in [1.807, 2.05) is 17.5 Å². The Bertz CT molecular complexity index is 1040. The molecule has 2 aromatic rings. The molecule has 1 aromatic carbocycles. The lowest BCUT2D eigenvalue weighted by Crippen LogP contribution is -2.38. The predicted octanol–water partition coefficient (Wildman–Crippen LogP) is 2.62. The molecular weight excluding hydrogens is 432 g/mol. The van der Waals surface area contributed by atoms with Crippen LogP contribution in [0.2, 0.25) is 0 Å². The Morgan fingerprint density at radius 1 is 1.09 bits per heavy atom. The Morgan fingerprint density at radius 3 is 2.69 bits per heavy atom. The van der Waals surface area contributed by atoms with E-state index in [4.69, 9.17) is 14.2 Å². The molecule has 168 valence electrons. The molecule has 3 aliphatic rings. The summed E-state index contributed by atoms with van der Waals surface area (Å²) in [4.78, 5) is 30.8. The number of hydrogen-bond donors (Lipinski definition) is 1. The second kappa shape index (κ2) is 8.93. The SMILES string of the molecule is O=C1C(=O)N(CCCN2CCOCC2)[C@@H](c2cccs2)C1=C(O)c1ccc2c(c1)OCO2. The molecule has 5 rings (SSSR count). The van der Waals surface area contributed by atoms with Crippen molar-refractivity contribution in [1.29, 1.82) is 0 Å². The molecule has 3 aliphatic heterocycles. The van der Waals surface area contributed by atoms with Crippen molar-refractivity contribution in [2.24, 2.45) is 0 Å². The lowest BCUT2D eigenvalue weighted by atomic mass is 9.99. The van der Waals surface area contributed by atoms with Gasteiger partial charge in [0.25, 0.3) is 11.7 Å². The van der Waals surface area contributed by atoms with Crippen molar-refractivity contribution in [1.82, 2.24) is 9.80 Å². The van der Waals surface area contributed by atoms with Crippen molar-refractivity contribution >= 4 is 28.8 Å². The van der Waals surface area contributed by atoms with E-state index < -0.39 is 17.7 Å². The Morgan fingerprint density at radius 2 is 1.91 bits per heavy atom. The monoisotopic (exact) mass is 456 g/mol. The van der Waals surface area contributed by atoms with Gasteiger partial charge in [0.2, 0.25) is 6.79 Å². The zero-order valence-corrected chi connectivity index (χ0v) is 18.3. The van der Waals surface area contributed by atoms with E-state index in [1.165, 1.54) is 11.3 Å². The molecule has 32 heavy (non-hydrogen) atoms. The van der Waals surface area contributed by atoms with Gasteiger partial charge in [0, 0.05) is 36.6 Å². The highest BCUT2D eigenvalue weighted by Crippen LogP contribution is 2.42. The fourth-order valence-corrected chi connectivity index (χ4v) is 5.19.